The van der Waals surface area contributed by atoms with Crippen molar-refractivity contribution in [2.45, 2.75) is 12.5 Å². The van der Waals surface area contributed by atoms with Gasteiger partial charge in [0.05, 0.1) is 0 Å². The van der Waals surface area contributed by atoms with E-state index >= 15 is 0 Å². The van der Waals surface area contributed by atoms with E-state index in [0.717, 1.165) is 4.90 Å². The second kappa shape index (κ2) is 6.76. The summed E-state index contributed by atoms with van der Waals surface area (Å²) in [4.78, 5) is 37.9. The summed E-state index contributed by atoms with van der Waals surface area (Å²) in [7, 11) is 0. The monoisotopic (exact) mass is 375 g/mol. The van der Waals surface area contributed by atoms with Crippen LogP contribution in [0, 0.1) is 5.82 Å². The Kier molecular flexibility index (Phi) is 4.65. The quantitative estimate of drug-likeness (QED) is 0.806. The van der Waals surface area contributed by atoms with Gasteiger partial charge >= 0.3 is 6.03 Å². The topological polar surface area (TPSA) is 78.5 Å². The van der Waals surface area contributed by atoms with E-state index < -0.39 is 35.7 Å². The number of carbonyl (C=O) groups is 3. The Hall–Kier alpha value is -2.93. The molecular weight excluding hydrogens is 361 g/mol. The van der Waals surface area contributed by atoms with Crippen LogP contribution in [0.2, 0.25) is 5.02 Å². The molecule has 0 aliphatic carbocycles. The zero-order valence-corrected chi connectivity index (χ0v) is 14.5. The molecule has 2 N–H and O–H groups in total. The zero-order valence-electron chi connectivity index (χ0n) is 13.8. The van der Waals surface area contributed by atoms with Crippen LogP contribution in [0.15, 0.2) is 48.5 Å². The minimum Gasteiger partial charge on any atom is -0.325 e. The molecule has 1 heterocycles. The van der Waals surface area contributed by atoms with Gasteiger partial charge in [0.1, 0.15) is 17.9 Å². The lowest BCUT2D eigenvalue weighted by molar-refractivity contribution is -0.133. The fourth-order valence-electron chi connectivity index (χ4n) is 2.70. The number of imide groups is 1. The number of urea groups is 1. The van der Waals surface area contributed by atoms with Gasteiger partial charge < -0.3 is 10.6 Å². The van der Waals surface area contributed by atoms with E-state index in [9.17, 15) is 18.8 Å². The van der Waals surface area contributed by atoms with Crippen molar-refractivity contribution < 1.29 is 18.8 Å². The van der Waals surface area contributed by atoms with Gasteiger partial charge in [-0.3, -0.25) is 14.5 Å². The summed E-state index contributed by atoms with van der Waals surface area (Å²) in [5.41, 5.74) is -0.434. The van der Waals surface area contributed by atoms with E-state index in [0.29, 0.717) is 16.3 Å². The maximum absolute atomic E-state index is 13.1. The number of benzene rings is 2. The van der Waals surface area contributed by atoms with Crippen LogP contribution >= 0.6 is 11.6 Å². The van der Waals surface area contributed by atoms with Crippen molar-refractivity contribution in [3.63, 3.8) is 0 Å². The molecule has 1 aliphatic heterocycles. The summed E-state index contributed by atoms with van der Waals surface area (Å²) >= 11 is 5.78. The fourth-order valence-corrected chi connectivity index (χ4v) is 2.82. The third-order valence-corrected chi connectivity index (χ3v) is 4.38. The maximum Gasteiger partial charge on any atom is 0.325 e. The Labute approximate surface area is 153 Å². The van der Waals surface area contributed by atoms with Crippen LogP contribution in [0.25, 0.3) is 0 Å². The van der Waals surface area contributed by atoms with Gasteiger partial charge in [-0.05, 0) is 48.9 Å². The molecule has 0 bridgehead atoms. The standard InChI is InChI=1S/C18H15ClFN3O3/c1-18(11-2-6-13(20)7-3-11)16(25)23(17(26)22-18)10-15(24)21-14-8-4-12(19)5-9-14/h2-9H,10H2,1H3,(H,21,24)(H,22,26). The maximum atomic E-state index is 13.1. The number of hydrogen-bond donors (Lipinski definition) is 2. The summed E-state index contributed by atoms with van der Waals surface area (Å²) in [5, 5.41) is 5.67. The second-order valence-corrected chi connectivity index (χ2v) is 6.44. The third kappa shape index (κ3) is 3.39. The molecule has 0 aromatic heterocycles. The summed E-state index contributed by atoms with van der Waals surface area (Å²) in [6.07, 6.45) is 0. The molecular formula is C18H15ClFN3O3. The van der Waals surface area contributed by atoms with Crippen molar-refractivity contribution in [2.24, 2.45) is 0 Å². The van der Waals surface area contributed by atoms with Gasteiger partial charge in [0.2, 0.25) is 5.91 Å². The lowest BCUT2D eigenvalue weighted by Crippen LogP contribution is -2.42. The summed E-state index contributed by atoms with van der Waals surface area (Å²) in [6, 6.07) is 11.0. The third-order valence-electron chi connectivity index (χ3n) is 4.13. The van der Waals surface area contributed by atoms with Crippen LogP contribution in [-0.2, 0) is 15.1 Å². The van der Waals surface area contributed by atoms with Crippen molar-refractivity contribution in [3.05, 3.63) is 64.9 Å². The van der Waals surface area contributed by atoms with Gasteiger partial charge in [-0.25, -0.2) is 9.18 Å². The Morgan fingerprint density at radius 3 is 2.38 bits per heavy atom. The molecule has 1 aliphatic rings. The van der Waals surface area contributed by atoms with Crippen molar-refractivity contribution in [1.82, 2.24) is 10.2 Å². The first-order chi connectivity index (χ1) is 12.3. The van der Waals surface area contributed by atoms with Crippen LogP contribution in [-0.4, -0.2) is 29.3 Å². The molecule has 2 aromatic rings. The van der Waals surface area contributed by atoms with E-state index in [2.05, 4.69) is 10.6 Å². The summed E-state index contributed by atoms with van der Waals surface area (Å²) in [6.45, 7) is 1.07. The average molecular weight is 376 g/mol. The van der Waals surface area contributed by atoms with Crippen LogP contribution < -0.4 is 10.6 Å². The molecule has 8 heteroatoms. The molecule has 1 unspecified atom stereocenters. The van der Waals surface area contributed by atoms with Gasteiger partial charge in [-0.15, -0.1) is 0 Å². The number of hydrogen-bond acceptors (Lipinski definition) is 3. The van der Waals surface area contributed by atoms with Gasteiger partial charge in [-0.2, -0.15) is 0 Å². The van der Waals surface area contributed by atoms with E-state index in [1.54, 1.807) is 24.3 Å². The van der Waals surface area contributed by atoms with Crippen molar-refractivity contribution in [2.75, 3.05) is 11.9 Å². The predicted octanol–water partition coefficient (Wildman–Crippen LogP) is 2.88. The minimum absolute atomic E-state index is 0.429. The molecule has 1 fully saturated rings. The van der Waals surface area contributed by atoms with E-state index in [-0.39, 0.29) is 0 Å². The number of amides is 4. The highest BCUT2D eigenvalue weighted by Gasteiger charge is 2.49. The Morgan fingerprint density at radius 2 is 1.77 bits per heavy atom. The normalized spacial score (nSPS) is 19.4. The average Bonchev–Trinajstić information content (AvgIpc) is 2.82. The van der Waals surface area contributed by atoms with Gasteiger partial charge in [0.25, 0.3) is 5.91 Å². The lowest BCUT2D eigenvalue weighted by Gasteiger charge is -2.22. The number of nitrogens with one attached hydrogen (secondary N) is 2. The highest BCUT2D eigenvalue weighted by atomic mass is 35.5. The number of nitrogens with zero attached hydrogens (tertiary/aromatic N) is 1. The molecule has 26 heavy (non-hydrogen) atoms. The highest BCUT2D eigenvalue weighted by molar-refractivity contribution is 6.30. The minimum atomic E-state index is -1.36. The molecule has 6 nitrogen and oxygen atoms in total. The number of anilines is 1. The van der Waals surface area contributed by atoms with Crippen molar-refractivity contribution in [3.8, 4) is 0 Å². The molecule has 134 valence electrons. The Bertz CT molecular complexity index is 870. The van der Waals surface area contributed by atoms with Gasteiger partial charge in [-0.1, -0.05) is 23.7 Å². The SMILES string of the molecule is CC1(c2ccc(F)cc2)NC(=O)N(CC(=O)Nc2ccc(Cl)cc2)C1=O. The first kappa shape index (κ1) is 17.9. The molecule has 4 amide bonds. The molecule has 0 radical (unpaired) electrons. The fraction of sp³-hybridized carbons (Fsp3) is 0.167. The number of carbonyl (C=O) groups excluding carboxylic acids is 3. The Morgan fingerprint density at radius 1 is 1.15 bits per heavy atom. The zero-order chi connectivity index (χ0) is 18.9. The molecule has 1 saturated heterocycles. The number of rotatable bonds is 4. The highest BCUT2D eigenvalue weighted by Crippen LogP contribution is 2.28. The van der Waals surface area contributed by atoms with E-state index in [1.165, 1.54) is 31.2 Å². The van der Waals surface area contributed by atoms with Crippen LogP contribution in [0.4, 0.5) is 14.9 Å². The molecule has 1 atom stereocenters. The largest absolute Gasteiger partial charge is 0.325 e. The molecule has 0 spiro atoms. The molecule has 0 saturated carbocycles. The van der Waals surface area contributed by atoms with Crippen LogP contribution in [0.3, 0.4) is 0 Å². The first-order valence-corrected chi connectivity index (χ1v) is 8.13. The van der Waals surface area contributed by atoms with Gasteiger partial charge in [0, 0.05) is 10.7 Å². The summed E-state index contributed by atoms with van der Waals surface area (Å²) < 4.78 is 13.1. The van der Waals surface area contributed by atoms with Crippen LogP contribution in [0.5, 0.6) is 0 Å². The first-order valence-electron chi connectivity index (χ1n) is 7.75. The van der Waals surface area contributed by atoms with Gasteiger partial charge in [0.15, 0.2) is 0 Å². The predicted molar refractivity (Wildman–Crippen MR) is 94.1 cm³/mol. The second-order valence-electron chi connectivity index (χ2n) is 6.01. The van der Waals surface area contributed by atoms with E-state index in [4.69, 9.17) is 11.6 Å². The van der Waals surface area contributed by atoms with E-state index in [1.807, 2.05) is 0 Å². The molecule has 2 aromatic carbocycles. The van der Waals surface area contributed by atoms with Crippen molar-refractivity contribution >= 4 is 35.1 Å². The lowest BCUT2D eigenvalue weighted by atomic mass is 9.92. The van der Waals surface area contributed by atoms with Crippen molar-refractivity contribution in [1.29, 1.82) is 0 Å². The Balaban J connectivity index is 1.73. The summed E-state index contributed by atoms with van der Waals surface area (Å²) in [5.74, 6) is -1.56. The molecule has 3 rings (SSSR count). The smallest absolute Gasteiger partial charge is 0.325 e. The van der Waals surface area contributed by atoms with Crippen LogP contribution in [0.1, 0.15) is 12.5 Å². The number of halogens is 2.